The lowest BCUT2D eigenvalue weighted by molar-refractivity contribution is -0.274. The van der Waals surface area contributed by atoms with Crippen molar-refractivity contribution in [3.63, 3.8) is 0 Å². The molecule has 0 radical (unpaired) electrons. The quantitative estimate of drug-likeness (QED) is 0.241. The molecule has 0 aromatic rings. The number of methoxy groups -OCH3 is 1. The van der Waals surface area contributed by atoms with Crippen molar-refractivity contribution in [2.24, 2.45) is 5.92 Å². The van der Waals surface area contributed by atoms with Crippen LogP contribution in [0.15, 0.2) is 0 Å². The van der Waals surface area contributed by atoms with Crippen molar-refractivity contribution in [3.8, 4) is 0 Å². The van der Waals surface area contributed by atoms with Gasteiger partial charge in [0.1, 0.15) is 24.4 Å². The number of aliphatic hydroxyl groups excluding tert-OH is 7. The number of ether oxygens (including phenoxy) is 2. The summed E-state index contributed by atoms with van der Waals surface area (Å²) < 4.78 is 10.3. The van der Waals surface area contributed by atoms with Gasteiger partial charge in [-0.25, -0.2) is 0 Å². The maximum atomic E-state index is 10.3. The molecule has 1 aliphatic heterocycles. The van der Waals surface area contributed by atoms with Crippen molar-refractivity contribution in [2.75, 3.05) is 20.3 Å². The Balaban J connectivity index is 2.12. The fraction of sp³-hybridized carbons (Fsp3) is 1.00. The Hall–Kier alpha value is -0.400. The van der Waals surface area contributed by atoms with Crippen molar-refractivity contribution in [1.29, 1.82) is 0 Å². The van der Waals surface area contributed by atoms with Crippen LogP contribution in [0.1, 0.15) is 6.42 Å². The van der Waals surface area contributed by atoms with Crippen LogP contribution in [0.3, 0.4) is 0 Å². The molecular weight excluding hydrogens is 326 g/mol. The fourth-order valence-electron chi connectivity index (χ4n) is 3.41. The van der Waals surface area contributed by atoms with Gasteiger partial charge in [-0.2, -0.15) is 0 Å². The molecule has 0 aromatic heterocycles. The van der Waals surface area contributed by atoms with E-state index in [1.165, 1.54) is 7.11 Å². The highest BCUT2D eigenvalue weighted by molar-refractivity contribution is 5.01. The van der Waals surface area contributed by atoms with E-state index in [0.29, 0.717) is 0 Å². The van der Waals surface area contributed by atoms with Crippen LogP contribution in [0.5, 0.6) is 0 Å². The molecule has 2 fully saturated rings. The second-order valence-corrected chi connectivity index (χ2v) is 6.39. The Morgan fingerprint density at radius 2 is 1.58 bits per heavy atom. The topological polar surface area (TPSA) is 172 Å². The summed E-state index contributed by atoms with van der Waals surface area (Å²) in [4.78, 5) is 0. The Morgan fingerprint density at radius 1 is 0.917 bits per heavy atom. The predicted octanol–water partition coefficient (Wildman–Crippen LogP) is -4.51. The first-order valence-corrected chi connectivity index (χ1v) is 7.92. The number of hydrogen-bond acceptors (Lipinski definition) is 10. The molecule has 24 heavy (non-hydrogen) atoms. The van der Waals surface area contributed by atoms with Gasteiger partial charge in [0.05, 0.1) is 24.9 Å². The Labute approximate surface area is 139 Å². The van der Waals surface area contributed by atoms with Crippen LogP contribution in [0.2, 0.25) is 0 Å². The molecule has 10 atom stereocenters. The second-order valence-electron chi connectivity index (χ2n) is 6.39. The monoisotopic (exact) mass is 353 g/mol. The summed E-state index contributed by atoms with van der Waals surface area (Å²) in [6.45, 7) is -0.858. The van der Waals surface area contributed by atoms with Crippen LogP contribution in [-0.2, 0) is 9.47 Å². The maximum absolute atomic E-state index is 10.3. The molecule has 0 spiro atoms. The van der Waals surface area contributed by atoms with Crippen LogP contribution in [0, 0.1) is 5.92 Å². The summed E-state index contributed by atoms with van der Waals surface area (Å²) in [5, 5.41) is 71.8. The van der Waals surface area contributed by atoms with Gasteiger partial charge >= 0.3 is 0 Å². The van der Waals surface area contributed by atoms with Gasteiger partial charge in [0.15, 0.2) is 6.29 Å². The molecule has 0 bridgehead atoms. The summed E-state index contributed by atoms with van der Waals surface area (Å²) in [7, 11) is 1.29. The molecule has 8 N–H and O–H groups in total. The Bertz CT molecular complexity index is 396. The molecule has 2 aliphatic rings. The Kier molecular flexibility index (Phi) is 6.90. The van der Waals surface area contributed by atoms with Crippen LogP contribution >= 0.6 is 0 Å². The van der Waals surface area contributed by atoms with Crippen molar-refractivity contribution in [1.82, 2.24) is 5.32 Å². The number of rotatable bonds is 5. The van der Waals surface area contributed by atoms with E-state index in [1.54, 1.807) is 0 Å². The summed E-state index contributed by atoms with van der Waals surface area (Å²) in [5.41, 5.74) is 0. The van der Waals surface area contributed by atoms with Crippen LogP contribution in [0.25, 0.3) is 0 Å². The zero-order valence-electron chi connectivity index (χ0n) is 13.3. The van der Waals surface area contributed by atoms with Gasteiger partial charge in [-0.3, -0.25) is 0 Å². The molecule has 2 rings (SSSR count). The minimum Gasteiger partial charge on any atom is -0.396 e. The van der Waals surface area contributed by atoms with Crippen LogP contribution in [-0.4, -0.2) is 111 Å². The normalized spacial score (nSPS) is 50.0. The standard InChI is InChI=1S/C14H27NO9/c1-23-14-13(22)11(20)8(7(4-17)24-14)15-6-2-5(3-16)9(18)12(21)10(6)19/h5-22H,2-4H2,1H3/t5-,6-,7-,8-,9+,10+,11+,12+,13-,14-/m1/s1. The highest BCUT2D eigenvalue weighted by Crippen LogP contribution is 2.28. The predicted molar refractivity (Wildman–Crippen MR) is 78.7 cm³/mol. The first-order chi connectivity index (χ1) is 11.3. The van der Waals surface area contributed by atoms with Gasteiger partial charge < -0.3 is 50.5 Å². The van der Waals surface area contributed by atoms with Crippen molar-refractivity contribution >= 4 is 0 Å². The average Bonchev–Trinajstić information content (AvgIpc) is 2.59. The third-order valence-electron chi connectivity index (χ3n) is 4.91. The SMILES string of the molecule is CO[C@@H]1O[C@H](CO)[C@@H](N[C@@H]2C[C@H](CO)[C@H](O)[C@H](O)[C@H]2O)[C@H](O)[C@H]1O. The van der Waals surface area contributed by atoms with Crippen LogP contribution in [0.4, 0.5) is 0 Å². The summed E-state index contributed by atoms with van der Waals surface area (Å²) >= 11 is 0. The van der Waals surface area contributed by atoms with E-state index in [-0.39, 0.29) is 13.0 Å². The van der Waals surface area contributed by atoms with E-state index >= 15 is 0 Å². The molecule has 1 saturated carbocycles. The smallest absolute Gasteiger partial charge is 0.186 e. The maximum Gasteiger partial charge on any atom is 0.186 e. The first kappa shape index (κ1) is 19.9. The molecular formula is C14H27NO9. The summed E-state index contributed by atoms with van der Waals surface area (Å²) in [5.74, 6) is -0.660. The largest absolute Gasteiger partial charge is 0.396 e. The van der Waals surface area contributed by atoms with Crippen molar-refractivity contribution in [2.45, 2.75) is 61.4 Å². The average molecular weight is 353 g/mol. The van der Waals surface area contributed by atoms with Crippen molar-refractivity contribution in [3.05, 3.63) is 0 Å². The highest BCUT2D eigenvalue weighted by Gasteiger charge is 2.48. The number of aliphatic hydroxyl groups is 7. The van der Waals surface area contributed by atoms with Crippen LogP contribution < -0.4 is 5.32 Å². The van der Waals surface area contributed by atoms with E-state index in [2.05, 4.69) is 5.32 Å². The van der Waals surface area contributed by atoms with Gasteiger partial charge in [-0.05, 0) is 6.42 Å². The fourth-order valence-corrected chi connectivity index (χ4v) is 3.41. The zero-order valence-corrected chi connectivity index (χ0v) is 13.3. The van der Waals surface area contributed by atoms with Gasteiger partial charge in [-0.1, -0.05) is 0 Å². The minimum absolute atomic E-state index is 0.126. The lowest BCUT2D eigenvalue weighted by Crippen LogP contribution is -2.68. The van der Waals surface area contributed by atoms with E-state index < -0.39 is 67.5 Å². The van der Waals surface area contributed by atoms with Gasteiger partial charge in [0.25, 0.3) is 0 Å². The minimum atomic E-state index is -1.47. The molecule has 10 nitrogen and oxygen atoms in total. The summed E-state index contributed by atoms with van der Waals surface area (Å²) in [6, 6.07) is -1.73. The molecule has 0 unspecified atom stereocenters. The van der Waals surface area contributed by atoms with Crippen molar-refractivity contribution < 1.29 is 45.2 Å². The number of hydrogen-bond donors (Lipinski definition) is 8. The summed E-state index contributed by atoms with van der Waals surface area (Å²) in [6.07, 6.45) is -8.73. The van der Waals surface area contributed by atoms with E-state index in [9.17, 15) is 35.7 Å². The van der Waals surface area contributed by atoms with Gasteiger partial charge in [-0.15, -0.1) is 0 Å². The molecule has 0 amide bonds. The van der Waals surface area contributed by atoms with E-state index in [0.717, 1.165) is 0 Å². The Morgan fingerprint density at radius 3 is 2.12 bits per heavy atom. The highest BCUT2D eigenvalue weighted by atomic mass is 16.7. The molecule has 0 aromatic carbocycles. The first-order valence-electron chi connectivity index (χ1n) is 7.92. The van der Waals surface area contributed by atoms with Gasteiger partial charge in [0.2, 0.25) is 0 Å². The molecule has 1 saturated heterocycles. The van der Waals surface area contributed by atoms with Gasteiger partial charge in [0, 0.05) is 25.7 Å². The lowest BCUT2D eigenvalue weighted by Gasteiger charge is -2.46. The molecule has 1 heterocycles. The number of nitrogens with one attached hydrogen (secondary N) is 1. The third kappa shape index (κ3) is 3.73. The lowest BCUT2D eigenvalue weighted by atomic mass is 9.79. The molecule has 10 heteroatoms. The third-order valence-corrected chi connectivity index (χ3v) is 4.91. The molecule has 142 valence electrons. The van der Waals surface area contributed by atoms with E-state index in [1.807, 2.05) is 0 Å². The molecule has 1 aliphatic carbocycles. The second kappa shape index (κ2) is 8.32. The zero-order chi connectivity index (χ0) is 18.0. The van der Waals surface area contributed by atoms with E-state index in [4.69, 9.17) is 9.47 Å².